The van der Waals surface area contributed by atoms with Gasteiger partial charge in [-0.05, 0) is 18.3 Å². The van der Waals surface area contributed by atoms with Crippen LogP contribution in [0, 0.1) is 11.8 Å². The third-order valence-electron chi connectivity index (χ3n) is 1.77. The maximum atomic E-state index is 5.63. The Hall–Kier alpha value is -0.460. The third-order valence-corrected chi connectivity index (χ3v) is 1.77. The predicted octanol–water partition coefficient (Wildman–Crippen LogP) is 2.53. The molecule has 1 heteroatoms. The lowest BCUT2D eigenvalue weighted by molar-refractivity contribution is 0.574. The van der Waals surface area contributed by atoms with Gasteiger partial charge in [0.25, 0.3) is 0 Å². The first-order valence-corrected chi connectivity index (χ1v) is 4.17. The van der Waals surface area contributed by atoms with Gasteiger partial charge in [0, 0.05) is 5.70 Å². The number of rotatable bonds is 0. The van der Waals surface area contributed by atoms with Crippen LogP contribution in [0.4, 0.5) is 0 Å². The second-order valence-electron chi connectivity index (χ2n) is 2.78. The summed E-state index contributed by atoms with van der Waals surface area (Å²) in [6.07, 6.45) is 3.40. The Kier molecular flexibility index (Phi) is 4.17. The summed E-state index contributed by atoms with van der Waals surface area (Å²) in [6.45, 7) is 8.38. The molecular weight excluding hydrogens is 122 g/mol. The number of allylic oxidation sites excluding steroid dienone is 2. The van der Waals surface area contributed by atoms with Gasteiger partial charge in [-0.2, -0.15) is 0 Å². The Morgan fingerprint density at radius 2 is 1.90 bits per heavy atom. The van der Waals surface area contributed by atoms with Crippen LogP contribution in [-0.4, -0.2) is 0 Å². The minimum Gasteiger partial charge on any atom is -0.402 e. The Labute approximate surface area is 64.3 Å². The van der Waals surface area contributed by atoms with E-state index in [2.05, 4.69) is 19.9 Å². The molecule has 0 amide bonds. The van der Waals surface area contributed by atoms with Gasteiger partial charge in [0.05, 0.1) is 0 Å². The smallest absolute Gasteiger partial charge is 0.00716 e. The van der Waals surface area contributed by atoms with Crippen molar-refractivity contribution in [1.29, 1.82) is 0 Å². The van der Waals surface area contributed by atoms with E-state index in [4.69, 9.17) is 5.73 Å². The second kappa shape index (κ2) is 4.37. The van der Waals surface area contributed by atoms with E-state index < -0.39 is 0 Å². The van der Waals surface area contributed by atoms with Crippen molar-refractivity contribution in [2.75, 3.05) is 0 Å². The Balaban J connectivity index is 0.000000371. The largest absolute Gasteiger partial charge is 0.402 e. The van der Waals surface area contributed by atoms with Crippen LogP contribution in [0.1, 0.15) is 34.1 Å². The normalized spacial score (nSPS) is 30.6. The molecule has 0 bridgehead atoms. The summed E-state index contributed by atoms with van der Waals surface area (Å²) in [6, 6.07) is 0. The lowest BCUT2D eigenvalue weighted by Crippen LogP contribution is -2.02. The van der Waals surface area contributed by atoms with Crippen LogP contribution in [0.5, 0.6) is 0 Å². The number of nitrogens with two attached hydrogens (primary N) is 1. The molecule has 0 saturated carbocycles. The highest BCUT2D eigenvalue weighted by atomic mass is 14.6. The van der Waals surface area contributed by atoms with Crippen molar-refractivity contribution in [1.82, 2.24) is 0 Å². The molecule has 1 rings (SSSR count). The molecule has 1 nitrogen and oxygen atoms in total. The average molecular weight is 141 g/mol. The van der Waals surface area contributed by atoms with Crippen LogP contribution in [-0.2, 0) is 0 Å². The molecule has 0 aliphatic heterocycles. The molecule has 2 N–H and O–H groups in total. The SMILES string of the molecule is CC.CC1C=C(N)C(C)C1. The first-order valence-electron chi connectivity index (χ1n) is 4.17. The fourth-order valence-corrected chi connectivity index (χ4v) is 1.25. The molecule has 0 aromatic rings. The van der Waals surface area contributed by atoms with Gasteiger partial charge in [-0.3, -0.25) is 0 Å². The standard InChI is InChI=1S/C7H13N.C2H6/c1-5-3-6(2)7(8)4-5;1-2/h4-6H,3,8H2,1-2H3;1-2H3. The van der Waals surface area contributed by atoms with Crippen molar-refractivity contribution < 1.29 is 0 Å². The van der Waals surface area contributed by atoms with Gasteiger partial charge in [-0.1, -0.05) is 33.8 Å². The summed E-state index contributed by atoms with van der Waals surface area (Å²) < 4.78 is 0. The first kappa shape index (κ1) is 9.54. The molecule has 0 saturated heterocycles. The topological polar surface area (TPSA) is 26.0 Å². The monoisotopic (exact) mass is 141 g/mol. The van der Waals surface area contributed by atoms with E-state index in [-0.39, 0.29) is 0 Å². The Morgan fingerprint density at radius 1 is 1.40 bits per heavy atom. The summed E-state index contributed by atoms with van der Waals surface area (Å²) in [7, 11) is 0. The maximum absolute atomic E-state index is 5.63. The van der Waals surface area contributed by atoms with Crippen LogP contribution in [0.15, 0.2) is 11.8 Å². The van der Waals surface area contributed by atoms with E-state index in [0.29, 0.717) is 11.8 Å². The maximum Gasteiger partial charge on any atom is 0.00716 e. The van der Waals surface area contributed by atoms with Gasteiger partial charge >= 0.3 is 0 Å². The molecule has 0 aromatic heterocycles. The van der Waals surface area contributed by atoms with Crippen LogP contribution in [0.3, 0.4) is 0 Å². The zero-order valence-corrected chi connectivity index (χ0v) is 7.52. The molecule has 0 radical (unpaired) electrons. The summed E-state index contributed by atoms with van der Waals surface area (Å²) in [4.78, 5) is 0. The minimum absolute atomic E-state index is 0.630. The van der Waals surface area contributed by atoms with Crippen molar-refractivity contribution in [3.05, 3.63) is 11.8 Å². The van der Waals surface area contributed by atoms with E-state index in [9.17, 15) is 0 Å². The quantitative estimate of drug-likeness (QED) is 0.551. The van der Waals surface area contributed by atoms with Gasteiger partial charge in [0.1, 0.15) is 0 Å². The molecule has 10 heavy (non-hydrogen) atoms. The minimum atomic E-state index is 0.630. The highest BCUT2D eigenvalue weighted by Crippen LogP contribution is 2.25. The average Bonchev–Trinajstić information content (AvgIpc) is 2.16. The van der Waals surface area contributed by atoms with Crippen molar-refractivity contribution >= 4 is 0 Å². The molecule has 0 heterocycles. The molecule has 1 aliphatic rings. The lowest BCUT2D eigenvalue weighted by Gasteiger charge is -2.01. The molecule has 2 unspecified atom stereocenters. The van der Waals surface area contributed by atoms with Crippen LogP contribution in [0.25, 0.3) is 0 Å². The van der Waals surface area contributed by atoms with Gasteiger partial charge in [-0.25, -0.2) is 0 Å². The predicted molar refractivity (Wildman–Crippen MR) is 46.6 cm³/mol. The van der Waals surface area contributed by atoms with Crippen molar-refractivity contribution in [3.63, 3.8) is 0 Å². The van der Waals surface area contributed by atoms with Crippen molar-refractivity contribution in [2.24, 2.45) is 17.6 Å². The summed E-state index contributed by atoms with van der Waals surface area (Å²) in [5.74, 6) is 1.34. The summed E-state index contributed by atoms with van der Waals surface area (Å²) in [5, 5.41) is 0. The molecular formula is C9H19N. The molecule has 2 atom stereocenters. The third kappa shape index (κ3) is 2.42. The highest BCUT2D eigenvalue weighted by molar-refractivity contribution is 5.09. The summed E-state index contributed by atoms with van der Waals surface area (Å²) >= 11 is 0. The van der Waals surface area contributed by atoms with Gasteiger partial charge in [0.15, 0.2) is 0 Å². The van der Waals surface area contributed by atoms with Crippen molar-refractivity contribution in [3.8, 4) is 0 Å². The zero-order chi connectivity index (χ0) is 8.15. The van der Waals surface area contributed by atoms with E-state index in [1.165, 1.54) is 6.42 Å². The van der Waals surface area contributed by atoms with E-state index in [1.54, 1.807) is 0 Å². The Morgan fingerprint density at radius 3 is 2.00 bits per heavy atom. The molecule has 0 spiro atoms. The van der Waals surface area contributed by atoms with E-state index in [1.807, 2.05) is 13.8 Å². The van der Waals surface area contributed by atoms with Crippen molar-refractivity contribution in [2.45, 2.75) is 34.1 Å². The molecule has 0 fully saturated rings. The zero-order valence-electron chi connectivity index (χ0n) is 7.52. The fraction of sp³-hybridized carbons (Fsp3) is 0.778. The number of hydrogen-bond acceptors (Lipinski definition) is 1. The fourth-order valence-electron chi connectivity index (χ4n) is 1.25. The molecule has 60 valence electrons. The van der Waals surface area contributed by atoms with Gasteiger partial charge in [-0.15, -0.1) is 0 Å². The van der Waals surface area contributed by atoms with Gasteiger partial charge < -0.3 is 5.73 Å². The van der Waals surface area contributed by atoms with E-state index in [0.717, 1.165) is 5.70 Å². The Bertz CT molecular complexity index is 116. The van der Waals surface area contributed by atoms with E-state index >= 15 is 0 Å². The second-order valence-corrected chi connectivity index (χ2v) is 2.78. The van der Waals surface area contributed by atoms with Crippen LogP contribution >= 0.6 is 0 Å². The lowest BCUT2D eigenvalue weighted by atomic mass is 10.1. The van der Waals surface area contributed by atoms with Gasteiger partial charge in [0.2, 0.25) is 0 Å². The highest BCUT2D eigenvalue weighted by Gasteiger charge is 2.16. The first-order chi connectivity index (χ1) is 4.70. The van der Waals surface area contributed by atoms with Crippen LogP contribution < -0.4 is 5.73 Å². The molecule has 1 aliphatic carbocycles. The summed E-state index contributed by atoms with van der Waals surface area (Å²) in [5.41, 5.74) is 6.71. The number of hydrogen-bond donors (Lipinski definition) is 1. The molecule has 0 aromatic carbocycles. The van der Waals surface area contributed by atoms with Crippen LogP contribution in [0.2, 0.25) is 0 Å².